The third-order valence-electron chi connectivity index (χ3n) is 2.59. The summed E-state index contributed by atoms with van der Waals surface area (Å²) >= 11 is 7.19. The van der Waals surface area contributed by atoms with Gasteiger partial charge in [0.15, 0.2) is 0 Å². The van der Waals surface area contributed by atoms with Gasteiger partial charge < -0.3 is 4.74 Å². The Bertz CT molecular complexity index is 342. The van der Waals surface area contributed by atoms with Crippen molar-refractivity contribution in [2.45, 2.75) is 25.9 Å². The number of halogens is 1. The van der Waals surface area contributed by atoms with Crippen LogP contribution in [0.3, 0.4) is 0 Å². The highest BCUT2D eigenvalue weighted by Gasteiger charge is 2.30. The molecule has 0 radical (unpaired) electrons. The average Bonchev–Trinajstić information content (AvgIpc) is 2.55. The largest absolute Gasteiger partial charge is 0.378 e. The van der Waals surface area contributed by atoms with Crippen molar-refractivity contribution in [2.24, 2.45) is 0 Å². The number of hydrogen-bond acceptors (Lipinski definition) is 5. The first kappa shape index (κ1) is 11.3. The highest BCUT2D eigenvalue weighted by atomic mass is 35.5. The minimum absolute atomic E-state index is 0.0659. The number of ether oxygens (including phenoxy) is 1. The van der Waals surface area contributed by atoms with Crippen molar-refractivity contribution in [2.75, 3.05) is 19.8 Å². The third-order valence-corrected chi connectivity index (χ3v) is 3.59. The lowest BCUT2D eigenvalue weighted by Crippen LogP contribution is -2.52. The monoisotopic (exact) mass is 247 g/mol. The molecule has 2 rings (SSSR count). The van der Waals surface area contributed by atoms with Crippen LogP contribution in [0.4, 0.5) is 0 Å². The van der Waals surface area contributed by atoms with Gasteiger partial charge in [0, 0.05) is 12.1 Å². The van der Waals surface area contributed by atoms with E-state index in [-0.39, 0.29) is 5.54 Å². The van der Waals surface area contributed by atoms with Gasteiger partial charge >= 0.3 is 0 Å². The lowest BCUT2D eigenvalue weighted by atomic mass is 10.0. The molecule has 0 spiro atoms. The van der Waals surface area contributed by atoms with E-state index >= 15 is 0 Å². The summed E-state index contributed by atoms with van der Waals surface area (Å²) in [6.45, 7) is 7.64. The second-order valence-electron chi connectivity index (χ2n) is 4.24. The van der Waals surface area contributed by atoms with Gasteiger partial charge in [0.2, 0.25) is 4.47 Å². The standard InChI is InChI=1S/C9H14ClN3OS/c1-9(2)6-14-4-3-13(9)5-7-11-12-8(10)15-7/h3-6H2,1-2H3. The van der Waals surface area contributed by atoms with Gasteiger partial charge in [-0.15, -0.1) is 10.2 Å². The summed E-state index contributed by atoms with van der Waals surface area (Å²) in [6.07, 6.45) is 0. The summed E-state index contributed by atoms with van der Waals surface area (Å²) in [7, 11) is 0. The van der Waals surface area contributed by atoms with Gasteiger partial charge in [-0.3, -0.25) is 4.90 Å². The van der Waals surface area contributed by atoms with E-state index in [0.717, 1.165) is 31.3 Å². The normalized spacial score (nSPS) is 21.8. The van der Waals surface area contributed by atoms with Crippen LogP contribution in [0.5, 0.6) is 0 Å². The van der Waals surface area contributed by atoms with Gasteiger partial charge in [0.05, 0.1) is 19.8 Å². The lowest BCUT2D eigenvalue weighted by molar-refractivity contribution is -0.0553. The second kappa shape index (κ2) is 4.33. The van der Waals surface area contributed by atoms with Crippen molar-refractivity contribution in [1.82, 2.24) is 15.1 Å². The van der Waals surface area contributed by atoms with Crippen LogP contribution in [0.15, 0.2) is 0 Å². The summed E-state index contributed by atoms with van der Waals surface area (Å²) in [5.41, 5.74) is 0.0659. The Labute approximate surface area is 98.2 Å². The van der Waals surface area contributed by atoms with Crippen LogP contribution in [0.2, 0.25) is 4.47 Å². The number of rotatable bonds is 2. The maximum Gasteiger partial charge on any atom is 0.207 e. The highest BCUT2D eigenvalue weighted by molar-refractivity contribution is 7.15. The first-order chi connectivity index (χ1) is 7.08. The van der Waals surface area contributed by atoms with Gasteiger partial charge in [-0.25, -0.2) is 0 Å². The van der Waals surface area contributed by atoms with Gasteiger partial charge in [-0.2, -0.15) is 0 Å². The van der Waals surface area contributed by atoms with E-state index in [1.807, 2.05) is 0 Å². The van der Waals surface area contributed by atoms with Crippen molar-refractivity contribution >= 4 is 22.9 Å². The van der Waals surface area contributed by atoms with Crippen molar-refractivity contribution in [3.05, 3.63) is 9.47 Å². The van der Waals surface area contributed by atoms with Gasteiger partial charge in [0.25, 0.3) is 0 Å². The average molecular weight is 248 g/mol. The Morgan fingerprint density at radius 1 is 1.53 bits per heavy atom. The summed E-state index contributed by atoms with van der Waals surface area (Å²) in [5, 5.41) is 8.80. The van der Waals surface area contributed by atoms with E-state index in [2.05, 4.69) is 28.9 Å². The zero-order chi connectivity index (χ0) is 10.9. The molecule has 6 heteroatoms. The van der Waals surface area contributed by atoms with E-state index < -0.39 is 0 Å². The molecule has 15 heavy (non-hydrogen) atoms. The van der Waals surface area contributed by atoms with E-state index in [0.29, 0.717) is 4.47 Å². The molecule has 84 valence electrons. The number of hydrogen-bond donors (Lipinski definition) is 0. The molecule has 0 atom stereocenters. The maximum atomic E-state index is 5.75. The summed E-state index contributed by atoms with van der Waals surface area (Å²) in [4.78, 5) is 2.35. The molecule has 1 aliphatic heterocycles. The quantitative estimate of drug-likeness (QED) is 0.799. The van der Waals surface area contributed by atoms with Crippen LogP contribution in [-0.2, 0) is 11.3 Å². The topological polar surface area (TPSA) is 38.2 Å². The SMILES string of the molecule is CC1(C)COCCN1Cc1nnc(Cl)s1. The molecule has 1 fully saturated rings. The summed E-state index contributed by atoms with van der Waals surface area (Å²) in [6, 6.07) is 0. The Hall–Kier alpha value is -0.230. The molecule has 0 saturated carbocycles. The minimum Gasteiger partial charge on any atom is -0.378 e. The van der Waals surface area contributed by atoms with Crippen LogP contribution < -0.4 is 0 Å². The van der Waals surface area contributed by atoms with Crippen LogP contribution in [-0.4, -0.2) is 40.4 Å². The Morgan fingerprint density at radius 3 is 2.93 bits per heavy atom. The fourth-order valence-corrected chi connectivity index (χ4v) is 2.53. The Balaban J connectivity index is 2.04. The lowest BCUT2D eigenvalue weighted by Gasteiger charge is -2.41. The molecular weight excluding hydrogens is 234 g/mol. The van der Waals surface area contributed by atoms with Gasteiger partial charge in [0.1, 0.15) is 5.01 Å². The van der Waals surface area contributed by atoms with Crippen LogP contribution >= 0.6 is 22.9 Å². The molecular formula is C9H14ClN3OS. The smallest absolute Gasteiger partial charge is 0.207 e. The van der Waals surface area contributed by atoms with Crippen molar-refractivity contribution in [1.29, 1.82) is 0 Å². The van der Waals surface area contributed by atoms with Crippen LogP contribution in [0.25, 0.3) is 0 Å². The Kier molecular flexibility index (Phi) is 3.25. The number of aromatic nitrogens is 2. The van der Waals surface area contributed by atoms with E-state index in [4.69, 9.17) is 16.3 Å². The molecule has 1 aromatic heterocycles. The maximum absolute atomic E-state index is 5.75. The molecule has 1 aliphatic rings. The van der Waals surface area contributed by atoms with Crippen molar-refractivity contribution in [3.63, 3.8) is 0 Å². The summed E-state index contributed by atoms with van der Waals surface area (Å²) < 4.78 is 5.97. The Morgan fingerprint density at radius 2 is 2.33 bits per heavy atom. The zero-order valence-corrected chi connectivity index (χ0v) is 10.4. The first-order valence-electron chi connectivity index (χ1n) is 4.88. The zero-order valence-electron chi connectivity index (χ0n) is 8.86. The number of morpholine rings is 1. The molecule has 0 aromatic carbocycles. The first-order valence-corrected chi connectivity index (χ1v) is 6.08. The molecule has 0 N–H and O–H groups in total. The molecule has 0 amide bonds. The number of nitrogens with zero attached hydrogens (tertiary/aromatic N) is 3. The molecule has 1 aromatic rings. The van der Waals surface area contributed by atoms with Gasteiger partial charge in [-0.1, -0.05) is 11.3 Å². The van der Waals surface area contributed by atoms with Crippen molar-refractivity contribution < 1.29 is 4.74 Å². The third kappa shape index (κ3) is 2.66. The second-order valence-corrected chi connectivity index (χ2v) is 5.88. The fraction of sp³-hybridized carbons (Fsp3) is 0.778. The highest BCUT2D eigenvalue weighted by Crippen LogP contribution is 2.23. The van der Waals surface area contributed by atoms with E-state index in [1.54, 1.807) is 0 Å². The van der Waals surface area contributed by atoms with E-state index in [1.165, 1.54) is 11.3 Å². The van der Waals surface area contributed by atoms with Crippen LogP contribution in [0, 0.1) is 0 Å². The molecule has 4 nitrogen and oxygen atoms in total. The van der Waals surface area contributed by atoms with Crippen molar-refractivity contribution in [3.8, 4) is 0 Å². The predicted molar refractivity (Wildman–Crippen MR) is 60.2 cm³/mol. The van der Waals surface area contributed by atoms with Crippen LogP contribution in [0.1, 0.15) is 18.9 Å². The van der Waals surface area contributed by atoms with Gasteiger partial charge in [-0.05, 0) is 25.4 Å². The van der Waals surface area contributed by atoms with E-state index in [9.17, 15) is 0 Å². The molecule has 1 saturated heterocycles. The molecule has 0 aliphatic carbocycles. The predicted octanol–water partition coefficient (Wildman–Crippen LogP) is 1.80. The molecule has 2 heterocycles. The molecule has 0 unspecified atom stereocenters. The summed E-state index contributed by atoms with van der Waals surface area (Å²) in [5.74, 6) is 0. The minimum atomic E-state index is 0.0659. The molecule has 0 bridgehead atoms. The fourth-order valence-electron chi connectivity index (χ4n) is 1.64.